The zero-order chi connectivity index (χ0) is 4.50. The normalized spacial score (nSPS) is 9.67. The Morgan fingerprint density at radius 1 is 1.33 bits per heavy atom. The summed E-state index contributed by atoms with van der Waals surface area (Å²) >= 11 is -5.75. The van der Waals surface area contributed by atoms with Crippen LogP contribution in [-0.4, -0.2) is 13.4 Å². The van der Waals surface area contributed by atoms with E-state index in [0.29, 0.717) is 0 Å². The average Bonchev–Trinajstić information content (AvgIpc) is 0.722. The fourth-order valence-electron chi connectivity index (χ4n) is 0. The van der Waals surface area contributed by atoms with Gasteiger partial charge in [-0.2, -0.15) is 0 Å². The van der Waals surface area contributed by atoms with Gasteiger partial charge in [0.15, 0.2) is 0 Å². The minimum absolute atomic E-state index is 0. The van der Waals surface area contributed by atoms with Crippen LogP contribution in [0.5, 0.6) is 0 Å². The minimum Gasteiger partial charge on any atom is 1.00 e. The van der Waals surface area contributed by atoms with Crippen LogP contribution in [0.4, 0.5) is 0 Å². The minimum atomic E-state index is -5.75. The Kier molecular flexibility index (Phi) is 5.22. The first-order valence-corrected chi connectivity index (χ1v) is 3.46. The van der Waals surface area contributed by atoms with E-state index in [1.807, 2.05) is 0 Å². The summed E-state index contributed by atoms with van der Waals surface area (Å²) in [5, 5.41) is 0. The summed E-state index contributed by atoms with van der Waals surface area (Å²) in [6, 6.07) is 0. The molecule has 32 valence electrons. The molecule has 0 aliphatic heterocycles. The van der Waals surface area contributed by atoms with E-state index in [4.69, 9.17) is 16.0 Å². The predicted molar refractivity (Wildman–Crippen MR) is 8.24 cm³/mol. The first kappa shape index (κ1) is 10.1. The average molecular weight is 167 g/mol. The van der Waals surface area contributed by atoms with Gasteiger partial charge in [-0.05, 0) is 0 Å². The maximum Gasteiger partial charge on any atom is 1.00 e. The molecule has 0 fully saturated rings. The molecule has 0 rings (SSSR count). The predicted octanol–water partition coefficient (Wildman–Crippen LogP) is -5.88. The van der Waals surface area contributed by atoms with Gasteiger partial charge in [0, 0.05) is 0 Å². The van der Waals surface area contributed by atoms with Gasteiger partial charge in [0.1, 0.15) is 0 Å². The fraction of sp³-hybridized carbons (Fsp3) is 0. The summed E-state index contributed by atoms with van der Waals surface area (Å²) in [4.78, 5) is 0. The molecule has 0 aromatic carbocycles. The van der Waals surface area contributed by atoms with Gasteiger partial charge < -0.3 is 0 Å². The quantitative estimate of drug-likeness (QED) is 0.336. The Hall–Kier alpha value is 1.04. The summed E-state index contributed by atoms with van der Waals surface area (Å²) in [7, 11) is 0. The third-order valence-corrected chi connectivity index (χ3v) is 0. The Bertz CT molecular complexity index is 94.9. The van der Waals surface area contributed by atoms with E-state index in [1.54, 1.807) is 0 Å². The molecule has 6 heavy (non-hydrogen) atoms. The van der Waals surface area contributed by atoms with Crippen molar-refractivity contribution >= 4 is 13.4 Å². The summed E-state index contributed by atoms with van der Waals surface area (Å²) in [6.45, 7) is 0. The van der Waals surface area contributed by atoms with Crippen LogP contribution in [-0.2, 0) is 7.67 Å². The maximum atomic E-state index is 8.59. The molecule has 0 saturated heterocycles. The molecule has 4 nitrogen and oxygen atoms in total. The summed E-state index contributed by atoms with van der Waals surface area (Å²) in [6.07, 6.45) is 0. The number of hydrogen-bond donors (Lipinski definition) is 0. The Balaban J connectivity index is -0.0000000800. The molecule has 0 amide bonds. The Morgan fingerprint density at radius 2 is 1.33 bits per heavy atom. The van der Waals surface area contributed by atoms with Crippen LogP contribution in [0.15, 0.2) is 0 Å². The molecule has 0 spiro atoms. The maximum absolute atomic E-state index is 8.59. The van der Waals surface area contributed by atoms with E-state index in [-0.39, 0.29) is 31.0 Å². The van der Waals surface area contributed by atoms with Crippen LogP contribution in [0.2, 0.25) is 0 Å². The van der Waals surface area contributed by atoms with Crippen molar-refractivity contribution in [3.05, 3.63) is 0 Å². The van der Waals surface area contributed by atoms with Crippen LogP contribution < -0.4 is 37.9 Å². The van der Waals surface area contributed by atoms with Gasteiger partial charge in [-0.15, -0.1) is 0 Å². The molecule has 0 aliphatic rings. The molecule has 0 aromatic heterocycles. The molecule has 0 aromatic rings. The zero-order valence-corrected chi connectivity index (χ0v) is 6.75. The Morgan fingerprint density at radius 3 is 1.33 bits per heavy atom. The van der Waals surface area contributed by atoms with Crippen molar-refractivity contribution in [1.29, 1.82) is 0 Å². The standard InChI is InChI=1S/Na.H2O4Se/c;1-5(2,3)4/h;(H2,1,2,3,4)/q+1;/p-1. The van der Waals surface area contributed by atoms with Crippen LogP contribution in [0, 0.1) is 0 Å². The molecule has 0 N–H and O–H groups in total. The van der Waals surface area contributed by atoms with Crippen molar-refractivity contribution < 1.29 is 47.0 Å². The van der Waals surface area contributed by atoms with Gasteiger partial charge in [0.25, 0.3) is 0 Å². The molecular formula is HNaO4Se. The molecule has 6 heteroatoms. The van der Waals surface area contributed by atoms with Gasteiger partial charge >= 0.3 is 60.4 Å². The van der Waals surface area contributed by atoms with Crippen LogP contribution >= 0.6 is 0 Å². The molecule has 0 aliphatic carbocycles. The molecule has 0 unspecified atom stereocenters. The SMILES string of the molecule is O=[Se](=O)([O-])[O-].[H+].[Na+]. The molecule has 0 radical (unpaired) electrons. The van der Waals surface area contributed by atoms with Gasteiger partial charge in [-0.25, -0.2) is 0 Å². The van der Waals surface area contributed by atoms with E-state index in [0.717, 1.165) is 0 Å². The van der Waals surface area contributed by atoms with Gasteiger partial charge in [-0.3, -0.25) is 0 Å². The van der Waals surface area contributed by atoms with Gasteiger partial charge in [0.05, 0.1) is 0 Å². The summed E-state index contributed by atoms with van der Waals surface area (Å²) < 4.78 is 34.4. The monoisotopic (exact) mass is 168 g/mol. The van der Waals surface area contributed by atoms with Crippen molar-refractivity contribution in [3.63, 3.8) is 0 Å². The topological polar surface area (TPSA) is 80.3 Å². The molecular weight excluding hydrogens is 166 g/mol. The van der Waals surface area contributed by atoms with Crippen molar-refractivity contribution in [2.45, 2.75) is 0 Å². The van der Waals surface area contributed by atoms with E-state index in [1.165, 1.54) is 0 Å². The van der Waals surface area contributed by atoms with Crippen molar-refractivity contribution in [3.8, 4) is 0 Å². The second kappa shape index (κ2) is 3.10. The van der Waals surface area contributed by atoms with Gasteiger partial charge in [-0.1, -0.05) is 0 Å². The van der Waals surface area contributed by atoms with Crippen LogP contribution in [0.3, 0.4) is 0 Å². The zero-order valence-electron chi connectivity index (χ0n) is 4.04. The van der Waals surface area contributed by atoms with Crippen LogP contribution in [0.25, 0.3) is 0 Å². The Labute approximate surface area is 60.2 Å². The molecule has 0 heterocycles. The van der Waals surface area contributed by atoms with E-state index >= 15 is 0 Å². The smallest absolute Gasteiger partial charge is 1.00 e. The largest absolute Gasteiger partial charge is 1.00 e. The molecule has 0 saturated carbocycles. The third-order valence-electron chi connectivity index (χ3n) is 0. The van der Waals surface area contributed by atoms with E-state index < -0.39 is 13.4 Å². The first-order valence-electron chi connectivity index (χ1n) is 0.667. The van der Waals surface area contributed by atoms with Gasteiger partial charge in [0.2, 0.25) is 0 Å². The van der Waals surface area contributed by atoms with E-state index in [2.05, 4.69) is 0 Å². The summed E-state index contributed by atoms with van der Waals surface area (Å²) in [5.41, 5.74) is 0. The van der Waals surface area contributed by atoms with Crippen molar-refractivity contribution in [2.75, 3.05) is 0 Å². The summed E-state index contributed by atoms with van der Waals surface area (Å²) in [5.74, 6) is 0. The second-order valence-corrected chi connectivity index (χ2v) is 2.12. The van der Waals surface area contributed by atoms with E-state index in [9.17, 15) is 0 Å². The first-order chi connectivity index (χ1) is 2.00. The van der Waals surface area contributed by atoms with Crippen molar-refractivity contribution in [2.24, 2.45) is 0 Å². The van der Waals surface area contributed by atoms with Crippen molar-refractivity contribution in [1.82, 2.24) is 0 Å². The molecule has 0 atom stereocenters. The molecule has 0 bridgehead atoms. The fourth-order valence-corrected chi connectivity index (χ4v) is 0. The van der Waals surface area contributed by atoms with Crippen LogP contribution in [0.1, 0.15) is 1.43 Å². The number of hydrogen-bond acceptors (Lipinski definition) is 4. The number of rotatable bonds is 0. The third kappa shape index (κ3) is 76.1. The second-order valence-electron chi connectivity index (χ2n) is 0.408.